The smallest absolute Gasteiger partial charge is 0.412 e. The number of ether oxygens (including phenoxy) is 8. The Labute approximate surface area is 481 Å². The molecule has 14 heteroatoms. The molecule has 11 atom stereocenters. The molecule has 2 aromatic rings. The van der Waals surface area contributed by atoms with Crippen LogP contribution in [0.25, 0.3) is 0 Å². The number of rotatable bonds is 25. The van der Waals surface area contributed by atoms with Gasteiger partial charge in [0.1, 0.15) is 11.5 Å². The van der Waals surface area contributed by atoms with Crippen LogP contribution in [0, 0.1) is 43.3 Å². The number of hydrogen-bond acceptors (Lipinski definition) is 12. The van der Waals surface area contributed by atoms with Gasteiger partial charge in [-0.25, -0.2) is 4.79 Å². The lowest BCUT2D eigenvalue weighted by Gasteiger charge is -2.55. The molecular formula is C65H106ClNO12. The molecule has 3 N–H and O–H groups in total. The van der Waals surface area contributed by atoms with E-state index in [1.807, 2.05) is 31.2 Å². The number of phenolic OH excluding ortho intramolecular Hbond substituents is 1. The van der Waals surface area contributed by atoms with Crippen molar-refractivity contribution in [1.29, 1.82) is 0 Å². The normalized spacial score (nSPS) is 26.0. The van der Waals surface area contributed by atoms with Crippen LogP contribution in [0.15, 0.2) is 48.5 Å². The summed E-state index contributed by atoms with van der Waals surface area (Å²) in [6, 6.07) is 14.5. The number of benzene rings is 2. The third-order valence-corrected chi connectivity index (χ3v) is 20.9. The number of carbonyl (C=O) groups is 2. The lowest BCUT2D eigenvalue weighted by atomic mass is 9.55. The Kier molecular flexibility index (Phi) is 22.2. The molecule has 0 bridgehead atoms. The second-order valence-corrected chi connectivity index (χ2v) is 28.9. The summed E-state index contributed by atoms with van der Waals surface area (Å²) in [7, 11) is 0. The Morgan fingerprint density at radius 2 is 1.15 bits per heavy atom. The molecule has 2 aromatic carbocycles. The number of aromatic hydroxyl groups is 1. The van der Waals surface area contributed by atoms with Gasteiger partial charge in [0.2, 0.25) is 0 Å². The third kappa shape index (κ3) is 16.0. The number of amides is 1. The zero-order valence-corrected chi connectivity index (χ0v) is 53.1. The standard InChI is InChI=1S/C65H106ClNO12/c1-21-25-54-73-48(35-51(77-54)63(15,16)61(11,12)40-50(70)62(13,14)58(5,6)37-41(3)72-42(4)68)38-59(7,8)65(19,20)53-36-49(75-55(79-53)43-26-23-28-45(69)32-43)39-60(9,10)64(17,18)52-34-46(22-2)74-56(78-52)44-27-24-29-47(33-44)76-57(71)67-31-30-66/h23-24,26-29,32-33,41,46,48-56,69-70H,21-22,25,30-31,34-40H2,1-20H3,(H,67,71). The quantitative estimate of drug-likeness (QED) is 0.0639. The van der Waals surface area contributed by atoms with E-state index in [-0.39, 0.29) is 99.1 Å². The van der Waals surface area contributed by atoms with E-state index in [1.165, 1.54) is 6.92 Å². The van der Waals surface area contributed by atoms with Gasteiger partial charge in [-0.15, -0.1) is 11.6 Å². The number of phenols is 1. The Bertz CT molecular complexity index is 2290. The van der Waals surface area contributed by atoms with E-state index in [4.69, 9.17) is 49.5 Å². The molecule has 5 rings (SSSR count). The Morgan fingerprint density at radius 1 is 0.658 bits per heavy atom. The van der Waals surface area contributed by atoms with Crippen LogP contribution in [0.4, 0.5) is 4.79 Å². The minimum absolute atomic E-state index is 0.0547. The molecule has 450 valence electrons. The first-order valence-electron chi connectivity index (χ1n) is 29.6. The highest BCUT2D eigenvalue weighted by Gasteiger charge is 2.55. The average Bonchev–Trinajstić information content (AvgIpc) is 3.39. The molecule has 3 heterocycles. The second kappa shape index (κ2) is 26.3. The van der Waals surface area contributed by atoms with Gasteiger partial charge >= 0.3 is 12.1 Å². The van der Waals surface area contributed by atoms with Crippen LogP contribution in [0.2, 0.25) is 0 Å². The van der Waals surface area contributed by atoms with E-state index in [2.05, 4.69) is 130 Å². The largest absolute Gasteiger partial charge is 0.508 e. The molecule has 3 aliphatic heterocycles. The highest BCUT2D eigenvalue weighted by atomic mass is 35.5. The molecule has 0 aliphatic carbocycles. The van der Waals surface area contributed by atoms with E-state index in [0.717, 1.165) is 36.8 Å². The molecule has 3 fully saturated rings. The number of esters is 1. The van der Waals surface area contributed by atoms with Crippen LogP contribution < -0.4 is 10.1 Å². The molecule has 0 saturated carbocycles. The maximum atomic E-state index is 12.4. The van der Waals surface area contributed by atoms with E-state index in [0.29, 0.717) is 50.8 Å². The predicted octanol–water partition coefficient (Wildman–Crippen LogP) is 15.6. The molecule has 1 amide bonds. The molecule has 79 heavy (non-hydrogen) atoms. The van der Waals surface area contributed by atoms with Gasteiger partial charge in [0, 0.05) is 49.7 Å². The zero-order valence-electron chi connectivity index (χ0n) is 52.3. The lowest BCUT2D eigenvalue weighted by molar-refractivity contribution is -0.300. The van der Waals surface area contributed by atoms with Crippen LogP contribution in [0.3, 0.4) is 0 Å². The fourth-order valence-electron chi connectivity index (χ4n) is 12.2. The highest BCUT2D eigenvalue weighted by Crippen LogP contribution is 2.57. The molecule has 0 radical (unpaired) electrons. The summed E-state index contributed by atoms with van der Waals surface area (Å²) in [4.78, 5) is 24.2. The fraction of sp³-hybridized carbons (Fsp3) is 0.785. The van der Waals surface area contributed by atoms with Gasteiger partial charge in [0.15, 0.2) is 18.9 Å². The minimum Gasteiger partial charge on any atom is -0.508 e. The Balaban J connectivity index is 1.38. The van der Waals surface area contributed by atoms with E-state index < -0.39 is 35.6 Å². The zero-order chi connectivity index (χ0) is 59.3. The average molecular weight is 1130 g/mol. The first-order chi connectivity index (χ1) is 36.4. The van der Waals surface area contributed by atoms with Crippen molar-refractivity contribution in [3.05, 3.63) is 59.7 Å². The summed E-state index contributed by atoms with van der Waals surface area (Å²) < 4.78 is 52.7. The predicted molar refractivity (Wildman–Crippen MR) is 313 cm³/mol. The van der Waals surface area contributed by atoms with Crippen LogP contribution in [0.1, 0.15) is 226 Å². The maximum Gasteiger partial charge on any atom is 0.412 e. The first-order valence-corrected chi connectivity index (χ1v) is 30.2. The number of hydrogen-bond donors (Lipinski definition) is 3. The van der Waals surface area contributed by atoms with Gasteiger partial charge in [-0.1, -0.05) is 155 Å². The van der Waals surface area contributed by atoms with Crippen molar-refractivity contribution in [3.8, 4) is 11.5 Å². The fourth-order valence-corrected chi connectivity index (χ4v) is 12.3. The van der Waals surface area contributed by atoms with Crippen LogP contribution in [0.5, 0.6) is 11.5 Å². The summed E-state index contributed by atoms with van der Waals surface area (Å²) in [6.45, 7) is 44.2. The van der Waals surface area contributed by atoms with Crippen LogP contribution in [-0.2, 0) is 38.0 Å². The SMILES string of the molecule is CCCC1OC(CC(C)(C)C(C)(C)C2CC(CC(C)(C)C(C)(C)C3CC(CC)OC(c4cccc(OC(=O)NCCCl)c4)O3)OC(c3cccc(O)c3)O2)CC(C(C)(C)C(C)(C)CC(O)C(C)(C)C(C)(C)CC(C)OC(C)=O)O1. The van der Waals surface area contributed by atoms with Crippen molar-refractivity contribution in [2.24, 2.45) is 43.3 Å². The van der Waals surface area contributed by atoms with Crippen molar-refractivity contribution in [3.63, 3.8) is 0 Å². The molecular weight excluding hydrogens is 1020 g/mol. The summed E-state index contributed by atoms with van der Waals surface area (Å²) in [5.74, 6) is 0.525. The molecule has 3 saturated heterocycles. The Morgan fingerprint density at radius 3 is 1.67 bits per heavy atom. The van der Waals surface area contributed by atoms with E-state index in [9.17, 15) is 19.8 Å². The molecule has 3 aliphatic rings. The van der Waals surface area contributed by atoms with Crippen LogP contribution >= 0.6 is 11.6 Å². The van der Waals surface area contributed by atoms with Crippen molar-refractivity contribution in [1.82, 2.24) is 5.32 Å². The monoisotopic (exact) mass is 1130 g/mol. The van der Waals surface area contributed by atoms with Gasteiger partial charge in [0.05, 0.1) is 48.8 Å². The summed E-state index contributed by atoms with van der Waals surface area (Å²) in [5.41, 5.74) is -1.44. The minimum atomic E-state index is -0.714. The molecule has 0 aromatic heterocycles. The Hall–Kier alpha value is -3.01. The highest BCUT2D eigenvalue weighted by molar-refractivity contribution is 6.18. The number of nitrogens with one attached hydrogen (secondary N) is 1. The summed E-state index contributed by atoms with van der Waals surface area (Å²) in [6.07, 6.45) is 3.05. The first kappa shape index (κ1) is 66.8. The number of alkyl halides is 1. The number of halogens is 1. The number of aliphatic hydroxyl groups excluding tert-OH is 1. The molecule has 11 unspecified atom stereocenters. The number of carbonyl (C=O) groups excluding carboxylic acids is 2. The van der Waals surface area contributed by atoms with Gasteiger partial charge < -0.3 is 53.4 Å². The lowest BCUT2D eigenvalue weighted by Crippen LogP contribution is -2.55. The topological polar surface area (TPSA) is 160 Å². The van der Waals surface area contributed by atoms with Gasteiger partial charge in [0.25, 0.3) is 0 Å². The second-order valence-electron chi connectivity index (χ2n) is 28.5. The third-order valence-electron chi connectivity index (χ3n) is 20.7. The van der Waals surface area contributed by atoms with E-state index in [1.54, 1.807) is 24.3 Å². The van der Waals surface area contributed by atoms with Crippen molar-refractivity contribution in [2.75, 3.05) is 12.4 Å². The molecule has 0 spiro atoms. The van der Waals surface area contributed by atoms with Gasteiger partial charge in [-0.05, 0) is 113 Å². The van der Waals surface area contributed by atoms with E-state index >= 15 is 0 Å². The summed E-state index contributed by atoms with van der Waals surface area (Å²) in [5, 5.41) is 25.6. The maximum absolute atomic E-state index is 12.4. The summed E-state index contributed by atoms with van der Waals surface area (Å²) >= 11 is 5.78. The van der Waals surface area contributed by atoms with Gasteiger partial charge in [-0.2, -0.15) is 0 Å². The van der Waals surface area contributed by atoms with Crippen molar-refractivity contribution < 1.29 is 57.7 Å². The van der Waals surface area contributed by atoms with Gasteiger partial charge in [-0.3, -0.25) is 4.79 Å². The van der Waals surface area contributed by atoms with Crippen molar-refractivity contribution >= 4 is 23.7 Å². The van der Waals surface area contributed by atoms with Crippen molar-refractivity contribution in [2.45, 2.75) is 270 Å². The van der Waals surface area contributed by atoms with Crippen LogP contribution in [-0.4, -0.2) is 89.8 Å². The molecule has 13 nitrogen and oxygen atoms in total. The number of aliphatic hydroxyl groups is 1.